The number of aromatic nitrogens is 4. The van der Waals surface area contributed by atoms with Crippen LogP contribution in [0.25, 0.3) is 11.2 Å². The van der Waals surface area contributed by atoms with Crippen LogP contribution in [0.15, 0.2) is 41.5 Å². The number of piperidine rings is 1. The van der Waals surface area contributed by atoms with Gasteiger partial charge in [-0.25, -0.2) is 4.98 Å². The van der Waals surface area contributed by atoms with Gasteiger partial charge in [0.25, 0.3) is 5.56 Å². The van der Waals surface area contributed by atoms with Crippen molar-refractivity contribution in [3.63, 3.8) is 0 Å². The summed E-state index contributed by atoms with van der Waals surface area (Å²) in [6, 6.07) is 10.2. The van der Waals surface area contributed by atoms with E-state index in [0.29, 0.717) is 17.7 Å². The van der Waals surface area contributed by atoms with E-state index in [1.54, 1.807) is 7.05 Å². The normalized spacial score (nSPS) is 17.3. The van der Waals surface area contributed by atoms with Crippen molar-refractivity contribution in [2.45, 2.75) is 25.4 Å². The minimum Gasteiger partial charge on any atom is -0.341 e. The zero-order valence-electron chi connectivity index (χ0n) is 14.7. The molecule has 3 heterocycles. The van der Waals surface area contributed by atoms with Crippen LogP contribution in [0.4, 0.5) is 5.95 Å². The highest BCUT2D eigenvalue weighted by Gasteiger charge is 2.24. The maximum absolute atomic E-state index is 12.7. The Labute approximate surface area is 157 Å². The molecule has 0 aliphatic carbocycles. The zero-order valence-corrected chi connectivity index (χ0v) is 15.5. The predicted molar refractivity (Wildman–Crippen MR) is 105 cm³/mol. The van der Waals surface area contributed by atoms with Gasteiger partial charge >= 0.3 is 0 Å². The first-order valence-electron chi connectivity index (χ1n) is 8.60. The number of nitrogens with two attached hydrogens (primary N) is 1. The van der Waals surface area contributed by atoms with Crippen LogP contribution in [0.5, 0.6) is 0 Å². The molecule has 1 fully saturated rings. The molecule has 8 heteroatoms. The van der Waals surface area contributed by atoms with Crippen molar-refractivity contribution in [2.24, 2.45) is 12.8 Å². The number of nitrogens with zero attached hydrogens (tertiary/aromatic N) is 5. The molecule has 1 saturated heterocycles. The van der Waals surface area contributed by atoms with E-state index < -0.39 is 0 Å². The Kier molecular flexibility index (Phi) is 5.29. The highest BCUT2D eigenvalue weighted by atomic mass is 35.5. The van der Waals surface area contributed by atoms with Crippen LogP contribution in [0, 0.1) is 0 Å². The topological polar surface area (TPSA) is 82.0 Å². The summed E-state index contributed by atoms with van der Waals surface area (Å²) < 4.78 is 3.48. The Hall–Kier alpha value is -2.38. The summed E-state index contributed by atoms with van der Waals surface area (Å²) in [5.41, 5.74) is 8.23. The van der Waals surface area contributed by atoms with Gasteiger partial charge in [0, 0.05) is 26.2 Å². The number of anilines is 1. The number of benzene rings is 1. The molecule has 2 N–H and O–H groups in total. The van der Waals surface area contributed by atoms with Gasteiger partial charge < -0.3 is 15.2 Å². The van der Waals surface area contributed by atoms with Gasteiger partial charge in [-0.15, -0.1) is 12.4 Å². The van der Waals surface area contributed by atoms with Crippen LogP contribution < -0.4 is 16.2 Å². The van der Waals surface area contributed by atoms with Gasteiger partial charge in [-0.2, -0.15) is 4.98 Å². The van der Waals surface area contributed by atoms with Crippen LogP contribution >= 0.6 is 12.4 Å². The molecule has 7 nitrogen and oxygen atoms in total. The summed E-state index contributed by atoms with van der Waals surface area (Å²) in [7, 11) is 1.71. The largest absolute Gasteiger partial charge is 0.341 e. The highest BCUT2D eigenvalue weighted by Crippen LogP contribution is 2.23. The molecule has 1 aliphatic rings. The van der Waals surface area contributed by atoms with Crippen molar-refractivity contribution in [2.75, 3.05) is 18.0 Å². The van der Waals surface area contributed by atoms with Gasteiger partial charge in [-0.3, -0.25) is 9.36 Å². The van der Waals surface area contributed by atoms with Crippen molar-refractivity contribution in [1.29, 1.82) is 0 Å². The summed E-state index contributed by atoms with van der Waals surface area (Å²) >= 11 is 0. The van der Waals surface area contributed by atoms with Crippen molar-refractivity contribution >= 4 is 29.5 Å². The number of hydrogen-bond acceptors (Lipinski definition) is 5. The van der Waals surface area contributed by atoms with Crippen LogP contribution in [0.2, 0.25) is 0 Å². The molecule has 0 spiro atoms. The van der Waals surface area contributed by atoms with Crippen molar-refractivity contribution in [3.8, 4) is 0 Å². The van der Waals surface area contributed by atoms with Crippen molar-refractivity contribution in [3.05, 3.63) is 52.6 Å². The van der Waals surface area contributed by atoms with Crippen LogP contribution in [-0.2, 0) is 13.6 Å². The lowest BCUT2D eigenvalue weighted by atomic mass is 10.1. The second-order valence-corrected chi connectivity index (χ2v) is 6.66. The molecule has 0 bridgehead atoms. The molecule has 4 rings (SSSR count). The van der Waals surface area contributed by atoms with E-state index in [2.05, 4.69) is 27.0 Å². The predicted octanol–water partition coefficient (Wildman–Crippen LogP) is 1.53. The van der Waals surface area contributed by atoms with E-state index in [9.17, 15) is 4.79 Å². The molecule has 0 saturated carbocycles. The first-order chi connectivity index (χ1) is 12.1. The van der Waals surface area contributed by atoms with E-state index in [1.807, 2.05) is 22.8 Å². The van der Waals surface area contributed by atoms with E-state index in [0.717, 1.165) is 37.4 Å². The molecule has 0 amide bonds. The van der Waals surface area contributed by atoms with Crippen molar-refractivity contribution < 1.29 is 0 Å². The Bertz CT molecular complexity index is 951. The number of aryl methyl sites for hydroxylation is 1. The fraction of sp³-hybridized carbons (Fsp3) is 0.389. The lowest BCUT2D eigenvalue weighted by Crippen LogP contribution is -2.44. The molecule has 1 aromatic carbocycles. The average molecular weight is 375 g/mol. The van der Waals surface area contributed by atoms with Gasteiger partial charge in [0.1, 0.15) is 0 Å². The Morgan fingerprint density at radius 3 is 2.77 bits per heavy atom. The number of imidazole rings is 1. The molecule has 0 radical (unpaired) electrons. The maximum atomic E-state index is 12.7. The van der Waals surface area contributed by atoms with E-state index in [-0.39, 0.29) is 24.0 Å². The molecule has 2 aromatic heterocycles. The maximum Gasteiger partial charge on any atom is 0.279 e. The molecule has 1 unspecified atom stereocenters. The third kappa shape index (κ3) is 3.32. The summed E-state index contributed by atoms with van der Waals surface area (Å²) in [5.74, 6) is 0.782. The molecule has 1 atom stereocenters. The molecular formula is C18H23ClN6O. The summed E-state index contributed by atoms with van der Waals surface area (Å²) in [6.45, 7) is 2.23. The van der Waals surface area contributed by atoms with Crippen LogP contribution in [-0.4, -0.2) is 38.2 Å². The van der Waals surface area contributed by atoms with E-state index >= 15 is 0 Å². The quantitative estimate of drug-likeness (QED) is 0.751. The number of hydrogen-bond donors (Lipinski definition) is 1. The minimum absolute atomic E-state index is 0. The third-order valence-corrected chi connectivity index (χ3v) is 4.73. The lowest BCUT2D eigenvalue weighted by Gasteiger charge is -2.31. The van der Waals surface area contributed by atoms with E-state index in [1.165, 1.54) is 10.9 Å². The summed E-state index contributed by atoms with van der Waals surface area (Å²) in [5, 5.41) is 0. The summed E-state index contributed by atoms with van der Waals surface area (Å²) in [6.07, 6.45) is 3.58. The molecule has 138 valence electrons. The van der Waals surface area contributed by atoms with Gasteiger partial charge in [0.15, 0.2) is 11.2 Å². The van der Waals surface area contributed by atoms with E-state index in [4.69, 9.17) is 5.73 Å². The molecule has 1 aliphatic heterocycles. The zero-order chi connectivity index (χ0) is 17.4. The summed E-state index contributed by atoms with van der Waals surface area (Å²) in [4.78, 5) is 23.9. The fourth-order valence-corrected chi connectivity index (χ4v) is 3.44. The second-order valence-electron chi connectivity index (χ2n) is 6.66. The first kappa shape index (κ1) is 18.4. The van der Waals surface area contributed by atoms with Gasteiger partial charge in [0.2, 0.25) is 5.95 Å². The second kappa shape index (κ2) is 7.47. The SMILES string of the molecule is Cl.Cn1cnc2nc(N3CCCC(N)C3)n(Cc3ccccc3)c2c1=O. The van der Waals surface area contributed by atoms with Gasteiger partial charge in [-0.1, -0.05) is 30.3 Å². The Morgan fingerprint density at radius 2 is 2.04 bits per heavy atom. The first-order valence-corrected chi connectivity index (χ1v) is 8.60. The standard InChI is InChI=1S/C18H22N6O.ClH/c1-22-12-20-16-15(17(22)25)24(10-13-6-3-2-4-7-13)18(21-16)23-9-5-8-14(19)11-23;/h2-4,6-7,12,14H,5,8-11,19H2,1H3;1H. The van der Waals surface area contributed by atoms with Gasteiger partial charge in [-0.05, 0) is 18.4 Å². The third-order valence-electron chi connectivity index (χ3n) is 4.73. The van der Waals surface area contributed by atoms with Gasteiger partial charge in [0.05, 0.1) is 12.9 Å². The minimum atomic E-state index is -0.0824. The number of rotatable bonds is 3. The molecular weight excluding hydrogens is 352 g/mol. The number of halogens is 1. The number of fused-ring (bicyclic) bond motifs is 1. The highest BCUT2D eigenvalue weighted by molar-refractivity contribution is 5.85. The molecule has 3 aromatic rings. The monoisotopic (exact) mass is 374 g/mol. The van der Waals surface area contributed by atoms with Crippen LogP contribution in [0.1, 0.15) is 18.4 Å². The fourth-order valence-electron chi connectivity index (χ4n) is 3.44. The average Bonchev–Trinajstić information content (AvgIpc) is 2.98. The lowest BCUT2D eigenvalue weighted by molar-refractivity contribution is 0.495. The molecule has 26 heavy (non-hydrogen) atoms. The Morgan fingerprint density at radius 1 is 1.27 bits per heavy atom. The van der Waals surface area contributed by atoms with Crippen LogP contribution in [0.3, 0.4) is 0 Å². The smallest absolute Gasteiger partial charge is 0.279 e. The Balaban J connectivity index is 0.00000196. The van der Waals surface area contributed by atoms with Crippen molar-refractivity contribution in [1.82, 2.24) is 19.1 Å².